The quantitative estimate of drug-likeness (QED) is 0.697. The predicted molar refractivity (Wildman–Crippen MR) is 95.4 cm³/mol. The van der Waals surface area contributed by atoms with E-state index >= 15 is 0 Å². The van der Waals surface area contributed by atoms with E-state index in [2.05, 4.69) is 16.6 Å². The molecular weight excluding hydrogens is 302 g/mol. The highest BCUT2D eigenvalue weighted by atomic mass is 16.5. The molecule has 0 radical (unpaired) electrons. The van der Waals surface area contributed by atoms with Gasteiger partial charge in [-0.25, -0.2) is 4.79 Å². The Bertz CT molecular complexity index is 665. The van der Waals surface area contributed by atoms with E-state index in [9.17, 15) is 9.59 Å². The van der Waals surface area contributed by atoms with E-state index in [-0.39, 0.29) is 11.8 Å². The molecule has 0 aliphatic heterocycles. The van der Waals surface area contributed by atoms with Gasteiger partial charge in [-0.05, 0) is 36.2 Å². The van der Waals surface area contributed by atoms with Crippen molar-refractivity contribution < 1.29 is 14.3 Å². The molecule has 0 heterocycles. The largest absolute Gasteiger partial charge is 0.465 e. The third kappa shape index (κ3) is 4.95. The van der Waals surface area contributed by atoms with E-state index in [1.54, 1.807) is 24.3 Å². The molecule has 0 N–H and O–H groups in total. The lowest BCUT2D eigenvalue weighted by molar-refractivity contribution is -0.117. The summed E-state index contributed by atoms with van der Waals surface area (Å²) in [5.74, 6) is -0.218. The van der Waals surface area contributed by atoms with Gasteiger partial charge in [0.1, 0.15) is 0 Å². The molecule has 4 heteroatoms. The van der Waals surface area contributed by atoms with Crippen LogP contribution in [0, 0.1) is 0 Å². The summed E-state index contributed by atoms with van der Waals surface area (Å²) in [6, 6.07) is 17.0. The van der Waals surface area contributed by atoms with E-state index in [1.165, 1.54) is 7.11 Å². The van der Waals surface area contributed by atoms with E-state index in [1.807, 2.05) is 30.3 Å². The minimum atomic E-state index is -0.369. The molecule has 0 aromatic heterocycles. The molecule has 2 aromatic carbocycles. The van der Waals surface area contributed by atoms with Crippen molar-refractivity contribution in [1.29, 1.82) is 0 Å². The zero-order valence-corrected chi connectivity index (χ0v) is 14.2. The van der Waals surface area contributed by atoms with Gasteiger partial charge in [-0.1, -0.05) is 37.3 Å². The number of hydrogen-bond acceptors (Lipinski definition) is 4. The molecule has 0 aliphatic rings. The van der Waals surface area contributed by atoms with Crippen LogP contribution in [0.2, 0.25) is 0 Å². The van der Waals surface area contributed by atoms with Gasteiger partial charge in [0.05, 0.1) is 19.2 Å². The van der Waals surface area contributed by atoms with Crippen molar-refractivity contribution >= 4 is 17.4 Å². The highest BCUT2D eigenvalue weighted by molar-refractivity contribution is 5.90. The fourth-order valence-electron chi connectivity index (χ4n) is 2.58. The smallest absolute Gasteiger partial charge is 0.337 e. The van der Waals surface area contributed by atoms with Gasteiger partial charge in [0.2, 0.25) is 0 Å². The Morgan fingerprint density at radius 3 is 2.25 bits per heavy atom. The number of ketones is 1. The van der Waals surface area contributed by atoms with E-state index < -0.39 is 0 Å². The topological polar surface area (TPSA) is 46.6 Å². The molecule has 0 fully saturated rings. The number of anilines is 1. The van der Waals surface area contributed by atoms with Crippen molar-refractivity contribution in [2.75, 3.05) is 25.1 Å². The summed E-state index contributed by atoms with van der Waals surface area (Å²) in [5, 5.41) is 0. The molecule has 0 amide bonds. The molecule has 0 bridgehead atoms. The van der Waals surface area contributed by atoms with Crippen LogP contribution in [-0.2, 0) is 16.0 Å². The Morgan fingerprint density at radius 2 is 1.67 bits per heavy atom. The number of Topliss-reactive ketones (excluding diaryl/α,β-unsaturated/α-hetero) is 1. The Labute approximate surface area is 143 Å². The summed E-state index contributed by atoms with van der Waals surface area (Å²) < 4.78 is 4.67. The first kappa shape index (κ1) is 17.7. The SMILES string of the molecule is CCCN(CC(=O)Cc1ccc(C(=O)OC)cc1)c1ccccc1. The number of carbonyl (C=O) groups is 2. The minimum absolute atomic E-state index is 0.151. The average Bonchev–Trinajstić information content (AvgIpc) is 2.62. The summed E-state index contributed by atoms with van der Waals surface area (Å²) in [7, 11) is 1.35. The molecule has 2 rings (SSSR count). The van der Waals surface area contributed by atoms with Gasteiger partial charge in [0, 0.05) is 18.7 Å². The van der Waals surface area contributed by atoms with Crippen molar-refractivity contribution in [2.45, 2.75) is 19.8 Å². The van der Waals surface area contributed by atoms with Crippen LogP contribution in [0.1, 0.15) is 29.3 Å². The summed E-state index contributed by atoms with van der Waals surface area (Å²) in [5.41, 5.74) is 2.46. The summed E-state index contributed by atoms with van der Waals surface area (Å²) in [6.07, 6.45) is 1.34. The second-order valence-electron chi connectivity index (χ2n) is 5.66. The molecule has 0 saturated heterocycles. The molecule has 0 atom stereocenters. The van der Waals surface area contributed by atoms with Crippen molar-refractivity contribution in [2.24, 2.45) is 0 Å². The van der Waals surface area contributed by atoms with Gasteiger partial charge < -0.3 is 9.64 Å². The Morgan fingerprint density at radius 1 is 1.00 bits per heavy atom. The van der Waals surface area contributed by atoms with Crippen LogP contribution in [0.3, 0.4) is 0 Å². The third-order valence-electron chi connectivity index (χ3n) is 3.76. The standard InChI is InChI=1S/C20H23NO3/c1-3-13-21(18-7-5-4-6-8-18)15-19(22)14-16-9-11-17(12-10-16)20(23)24-2/h4-12H,3,13-15H2,1-2H3. The monoisotopic (exact) mass is 325 g/mol. The number of ether oxygens (including phenoxy) is 1. The fraction of sp³-hybridized carbons (Fsp3) is 0.300. The summed E-state index contributed by atoms with van der Waals surface area (Å²) in [4.78, 5) is 25.9. The van der Waals surface area contributed by atoms with Gasteiger partial charge in [-0.2, -0.15) is 0 Å². The number of methoxy groups -OCH3 is 1. The maximum Gasteiger partial charge on any atom is 0.337 e. The molecule has 2 aromatic rings. The lowest BCUT2D eigenvalue weighted by Gasteiger charge is -2.23. The minimum Gasteiger partial charge on any atom is -0.465 e. The first-order valence-electron chi connectivity index (χ1n) is 8.13. The van der Waals surface area contributed by atoms with Crippen LogP contribution in [-0.4, -0.2) is 32.0 Å². The Balaban J connectivity index is 1.99. The third-order valence-corrected chi connectivity index (χ3v) is 3.76. The van der Waals surface area contributed by atoms with Crippen molar-refractivity contribution in [3.63, 3.8) is 0 Å². The van der Waals surface area contributed by atoms with Crippen LogP contribution in [0.4, 0.5) is 5.69 Å². The highest BCUT2D eigenvalue weighted by Crippen LogP contribution is 2.14. The van der Waals surface area contributed by atoms with Crippen LogP contribution in [0.15, 0.2) is 54.6 Å². The molecule has 0 unspecified atom stereocenters. The Kier molecular flexibility index (Phi) is 6.55. The average molecular weight is 325 g/mol. The van der Waals surface area contributed by atoms with E-state index in [0.717, 1.165) is 24.2 Å². The molecular formula is C20H23NO3. The molecule has 24 heavy (non-hydrogen) atoms. The zero-order chi connectivity index (χ0) is 17.4. The predicted octanol–water partition coefficient (Wildman–Crippen LogP) is 3.50. The number of benzene rings is 2. The number of para-hydroxylation sites is 1. The fourth-order valence-corrected chi connectivity index (χ4v) is 2.58. The number of esters is 1. The van der Waals surface area contributed by atoms with Crippen molar-refractivity contribution in [3.05, 3.63) is 65.7 Å². The number of rotatable bonds is 8. The second kappa shape index (κ2) is 8.87. The van der Waals surface area contributed by atoms with Gasteiger partial charge >= 0.3 is 5.97 Å². The van der Waals surface area contributed by atoms with Crippen molar-refractivity contribution in [3.8, 4) is 0 Å². The van der Waals surface area contributed by atoms with Crippen LogP contribution < -0.4 is 4.90 Å². The Hall–Kier alpha value is -2.62. The second-order valence-corrected chi connectivity index (χ2v) is 5.66. The maximum atomic E-state index is 12.4. The lowest BCUT2D eigenvalue weighted by Crippen LogP contribution is -2.31. The molecule has 0 aliphatic carbocycles. The first-order chi connectivity index (χ1) is 11.6. The van der Waals surface area contributed by atoms with Crippen LogP contribution in [0.25, 0.3) is 0 Å². The summed E-state index contributed by atoms with van der Waals surface area (Å²) in [6.45, 7) is 3.33. The van der Waals surface area contributed by atoms with Crippen LogP contribution in [0.5, 0.6) is 0 Å². The molecule has 0 spiro atoms. The van der Waals surface area contributed by atoms with Gasteiger partial charge in [0.15, 0.2) is 5.78 Å². The summed E-state index contributed by atoms with van der Waals surface area (Å²) >= 11 is 0. The molecule has 4 nitrogen and oxygen atoms in total. The molecule has 0 saturated carbocycles. The van der Waals surface area contributed by atoms with Gasteiger partial charge in [-0.3, -0.25) is 4.79 Å². The van der Waals surface area contributed by atoms with Gasteiger partial charge in [-0.15, -0.1) is 0 Å². The lowest BCUT2D eigenvalue weighted by atomic mass is 10.1. The van der Waals surface area contributed by atoms with E-state index in [0.29, 0.717) is 18.5 Å². The first-order valence-corrected chi connectivity index (χ1v) is 8.13. The van der Waals surface area contributed by atoms with E-state index in [4.69, 9.17) is 0 Å². The zero-order valence-electron chi connectivity index (χ0n) is 14.2. The number of nitrogens with zero attached hydrogens (tertiary/aromatic N) is 1. The van der Waals surface area contributed by atoms with Gasteiger partial charge in [0.25, 0.3) is 0 Å². The number of hydrogen-bond donors (Lipinski definition) is 0. The van der Waals surface area contributed by atoms with Crippen LogP contribution >= 0.6 is 0 Å². The highest BCUT2D eigenvalue weighted by Gasteiger charge is 2.12. The van der Waals surface area contributed by atoms with Crippen molar-refractivity contribution in [1.82, 2.24) is 0 Å². The number of carbonyl (C=O) groups excluding carboxylic acids is 2. The molecule has 126 valence electrons. The normalized spacial score (nSPS) is 10.2. The maximum absolute atomic E-state index is 12.4.